The summed E-state index contributed by atoms with van der Waals surface area (Å²) < 4.78 is 5.49. The van der Waals surface area contributed by atoms with Gasteiger partial charge in [-0.3, -0.25) is 9.69 Å². The van der Waals surface area contributed by atoms with Gasteiger partial charge in [-0.15, -0.1) is 11.3 Å². The van der Waals surface area contributed by atoms with E-state index in [4.69, 9.17) is 4.42 Å². The second-order valence-electron chi connectivity index (χ2n) is 6.33. The molecule has 4 rings (SSSR count). The Balaban J connectivity index is 1.55. The van der Waals surface area contributed by atoms with Crippen molar-refractivity contribution in [1.82, 2.24) is 9.91 Å². The van der Waals surface area contributed by atoms with E-state index < -0.39 is 0 Å². The number of carbonyl (C=O) groups is 1. The van der Waals surface area contributed by atoms with Crippen molar-refractivity contribution >= 4 is 23.0 Å². The van der Waals surface area contributed by atoms with Crippen LogP contribution in [0, 0.1) is 0 Å². The molecule has 4 heterocycles. The lowest BCUT2D eigenvalue weighted by atomic mass is 10.1. The molecule has 1 amide bonds. The fourth-order valence-corrected chi connectivity index (χ4v) is 4.23. The summed E-state index contributed by atoms with van der Waals surface area (Å²) in [4.78, 5) is 16.3. The number of hydrazone groups is 1. The van der Waals surface area contributed by atoms with Gasteiger partial charge in [0.15, 0.2) is 0 Å². The molecule has 5 nitrogen and oxygen atoms in total. The quantitative estimate of drug-likeness (QED) is 0.854. The largest absolute Gasteiger partial charge is 0.463 e. The summed E-state index contributed by atoms with van der Waals surface area (Å²) in [7, 11) is 0. The van der Waals surface area contributed by atoms with Crippen LogP contribution in [0.1, 0.15) is 42.4 Å². The zero-order chi connectivity index (χ0) is 16.4. The third kappa shape index (κ3) is 3.16. The molecule has 0 saturated carbocycles. The number of nitrogens with zero attached hydrogens (tertiary/aromatic N) is 3. The average molecular weight is 343 g/mol. The van der Waals surface area contributed by atoms with Gasteiger partial charge in [0.05, 0.1) is 18.8 Å². The number of carbonyl (C=O) groups excluding carboxylic acids is 1. The highest BCUT2D eigenvalue weighted by Crippen LogP contribution is 2.35. The van der Waals surface area contributed by atoms with E-state index in [1.807, 2.05) is 23.6 Å². The minimum atomic E-state index is -0.0117. The number of rotatable bonds is 4. The summed E-state index contributed by atoms with van der Waals surface area (Å²) in [5.41, 5.74) is 0.852. The van der Waals surface area contributed by atoms with E-state index in [0.29, 0.717) is 13.0 Å². The first-order valence-electron chi connectivity index (χ1n) is 8.50. The number of hydrogen-bond donors (Lipinski definition) is 0. The summed E-state index contributed by atoms with van der Waals surface area (Å²) in [6.45, 7) is 2.48. The highest BCUT2D eigenvalue weighted by Gasteiger charge is 2.35. The van der Waals surface area contributed by atoms with Gasteiger partial charge in [0, 0.05) is 11.3 Å². The van der Waals surface area contributed by atoms with Crippen LogP contribution in [0.2, 0.25) is 0 Å². The number of furan rings is 1. The Morgan fingerprint density at radius 3 is 2.83 bits per heavy atom. The molecule has 0 bridgehead atoms. The van der Waals surface area contributed by atoms with Gasteiger partial charge in [0.25, 0.3) is 5.91 Å². The van der Waals surface area contributed by atoms with Crippen LogP contribution in [0.3, 0.4) is 0 Å². The van der Waals surface area contributed by atoms with Crippen LogP contribution in [0.5, 0.6) is 0 Å². The summed E-state index contributed by atoms with van der Waals surface area (Å²) in [6.07, 6.45) is 5.99. The second kappa shape index (κ2) is 6.91. The van der Waals surface area contributed by atoms with Crippen LogP contribution >= 0.6 is 11.3 Å². The van der Waals surface area contributed by atoms with Crippen molar-refractivity contribution < 1.29 is 9.21 Å². The monoisotopic (exact) mass is 343 g/mol. The number of amides is 1. The maximum Gasteiger partial charge on any atom is 0.257 e. The van der Waals surface area contributed by atoms with Gasteiger partial charge in [-0.05, 0) is 49.5 Å². The second-order valence-corrected chi connectivity index (χ2v) is 7.31. The highest BCUT2D eigenvalue weighted by molar-refractivity contribution is 7.10. The van der Waals surface area contributed by atoms with E-state index in [0.717, 1.165) is 24.6 Å². The predicted octanol–water partition coefficient (Wildman–Crippen LogP) is 3.50. The van der Waals surface area contributed by atoms with Crippen molar-refractivity contribution in [2.45, 2.75) is 31.7 Å². The molecule has 0 radical (unpaired) electrons. The molecule has 2 aromatic rings. The first-order chi connectivity index (χ1) is 11.8. The normalized spacial score (nSPS) is 21.9. The van der Waals surface area contributed by atoms with Gasteiger partial charge in [-0.2, -0.15) is 5.10 Å². The maximum atomic E-state index is 12.9. The standard InChI is InChI=1S/C18H21N3O2S/c22-18(13-20-8-2-1-3-9-20)21-15(17-7-5-11-24-17)12-14(19-21)16-6-4-10-23-16/h4-7,10-11,15H,1-3,8-9,12-13H2/t15-/m1/s1. The highest BCUT2D eigenvalue weighted by atomic mass is 32.1. The lowest BCUT2D eigenvalue weighted by Gasteiger charge is -2.28. The van der Waals surface area contributed by atoms with E-state index >= 15 is 0 Å². The average Bonchev–Trinajstić information content (AvgIpc) is 3.35. The zero-order valence-electron chi connectivity index (χ0n) is 13.6. The summed E-state index contributed by atoms with van der Waals surface area (Å²) >= 11 is 1.68. The molecular weight excluding hydrogens is 322 g/mol. The van der Waals surface area contributed by atoms with Crippen molar-refractivity contribution in [3.8, 4) is 0 Å². The molecule has 24 heavy (non-hydrogen) atoms. The van der Waals surface area contributed by atoms with Crippen LogP contribution in [0.15, 0.2) is 45.4 Å². The molecule has 6 heteroatoms. The first kappa shape index (κ1) is 15.6. The Kier molecular flexibility index (Phi) is 4.49. The summed E-state index contributed by atoms with van der Waals surface area (Å²) in [5.74, 6) is 0.835. The Labute approximate surface area is 145 Å². The van der Waals surface area contributed by atoms with Crippen LogP contribution in [-0.4, -0.2) is 41.2 Å². The molecule has 2 aliphatic rings. The minimum absolute atomic E-state index is 0.0117. The number of thiophene rings is 1. The van der Waals surface area contributed by atoms with Gasteiger partial charge in [-0.1, -0.05) is 12.5 Å². The van der Waals surface area contributed by atoms with Gasteiger partial charge in [0.1, 0.15) is 11.5 Å². The van der Waals surface area contributed by atoms with E-state index in [2.05, 4.69) is 16.1 Å². The Bertz CT molecular complexity index is 703. The minimum Gasteiger partial charge on any atom is -0.463 e. The third-order valence-corrected chi connectivity index (χ3v) is 5.62. The van der Waals surface area contributed by atoms with E-state index in [1.165, 1.54) is 24.1 Å². The molecule has 0 unspecified atom stereocenters. The molecule has 0 spiro atoms. The predicted molar refractivity (Wildman–Crippen MR) is 94.1 cm³/mol. The third-order valence-electron chi connectivity index (χ3n) is 4.65. The molecule has 126 valence electrons. The number of hydrogen-bond acceptors (Lipinski definition) is 5. The van der Waals surface area contributed by atoms with Gasteiger partial charge in [-0.25, -0.2) is 5.01 Å². The molecule has 0 aromatic carbocycles. The molecule has 1 atom stereocenters. The summed E-state index contributed by atoms with van der Waals surface area (Å²) in [6, 6.07) is 7.86. The molecule has 1 fully saturated rings. The van der Waals surface area contributed by atoms with Crippen LogP contribution in [0.25, 0.3) is 0 Å². The van der Waals surface area contributed by atoms with Gasteiger partial charge in [0.2, 0.25) is 0 Å². The Morgan fingerprint density at radius 2 is 2.12 bits per heavy atom. The molecular formula is C18H21N3O2S. The Hall–Kier alpha value is -1.92. The summed E-state index contributed by atoms with van der Waals surface area (Å²) in [5, 5.41) is 8.35. The topological polar surface area (TPSA) is 49.1 Å². The van der Waals surface area contributed by atoms with Crippen LogP contribution in [-0.2, 0) is 4.79 Å². The fraction of sp³-hybridized carbons (Fsp3) is 0.444. The first-order valence-corrected chi connectivity index (χ1v) is 9.38. The van der Waals surface area contributed by atoms with E-state index in [9.17, 15) is 4.79 Å². The van der Waals surface area contributed by atoms with E-state index in [-0.39, 0.29) is 11.9 Å². The Morgan fingerprint density at radius 1 is 1.25 bits per heavy atom. The molecule has 2 aliphatic heterocycles. The zero-order valence-corrected chi connectivity index (χ0v) is 14.4. The van der Waals surface area contributed by atoms with Gasteiger partial charge < -0.3 is 4.42 Å². The van der Waals surface area contributed by atoms with Crippen molar-refractivity contribution in [1.29, 1.82) is 0 Å². The SMILES string of the molecule is O=C(CN1CCCCC1)N1N=C(c2ccco2)C[C@@H]1c1cccs1. The molecule has 1 saturated heterocycles. The lowest BCUT2D eigenvalue weighted by Crippen LogP contribution is -2.40. The van der Waals surface area contributed by atoms with Crippen molar-refractivity contribution in [3.05, 3.63) is 46.5 Å². The maximum absolute atomic E-state index is 12.9. The molecule has 2 aromatic heterocycles. The van der Waals surface area contributed by atoms with Crippen LogP contribution < -0.4 is 0 Å². The molecule has 0 aliphatic carbocycles. The van der Waals surface area contributed by atoms with Crippen molar-refractivity contribution in [2.75, 3.05) is 19.6 Å². The fourth-order valence-electron chi connectivity index (χ4n) is 3.42. The van der Waals surface area contributed by atoms with Gasteiger partial charge >= 0.3 is 0 Å². The van der Waals surface area contributed by atoms with Crippen LogP contribution in [0.4, 0.5) is 0 Å². The van der Waals surface area contributed by atoms with E-state index in [1.54, 1.807) is 22.6 Å². The smallest absolute Gasteiger partial charge is 0.257 e. The number of piperidine rings is 1. The molecule has 0 N–H and O–H groups in total. The lowest BCUT2D eigenvalue weighted by molar-refractivity contribution is -0.134. The van der Waals surface area contributed by atoms with Crippen molar-refractivity contribution in [2.24, 2.45) is 5.10 Å². The van der Waals surface area contributed by atoms with Crippen molar-refractivity contribution in [3.63, 3.8) is 0 Å². The number of likely N-dealkylation sites (tertiary alicyclic amines) is 1.